The van der Waals surface area contributed by atoms with Gasteiger partial charge >= 0.3 is 5.97 Å². The largest absolute Gasteiger partial charge is 0.494 e. The first-order chi connectivity index (χ1) is 32.5. The zero-order valence-electron chi connectivity index (χ0n) is 35.7. The van der Waals surface area contributed by atoms with Crippen molar-refractivity contribution < 1.29 is 45.8 Å². The van der Waals surface area contributed by atoms with E-state index in [2.05, 4.69) is 45.8 Å². The highest BCUT2D eigenvalue weighted by molar-refractivity contribution is 7.21. The topological polar surface area (TPSA) is 141 Å². The van der Waals surface area contributed by atoms with Crippen molar-refractivity contribution in [1.29, 1.82) is 0 Å². The van der Waals surface area contributed by atoms with Gasteiger partial charge in [-0.25, -0.2) is 22.9 Å². The van der Waals surface area contributed by atoms with Crippen molar-refractivity contribution in [1.82, 2.24) is 15.0 Å². The summed E-state index contributed by atoms with van der Waals surface area (Å²) in [4.78, 5) is 44.3. The molecule has 0 spiro atoms. The molecule has 8 aromatic rings. The number of methoxy groups -OCH3 is 2. The first kappa shape index (κ1) is 42.1. The molecular weight excluding hydrogens is 896 g/mol. The van der Waals surface area contributed by atoms with Gasteiger partial charge in [-0.1, -0.05) is 11.3 Å². The number of hydrogen-bond donors (Lipinski definition) is 2. The standard InChI is InChI=1S/C48H37F5N8O5S/c1-64-37-21-36(59-13-3-4-14-59)38(65-2)20-32(37)57-58-48-56-31-6-5-23(17-39(31)67-48)46(62)61-16-12-26-27-18-24(54-29(27)8-10-35(26)61)22-60-15-11-25-28-19-33(55-30(28)7-9-34(25)60)47(63)66-45-43(52)41(50)40(49)42(51)44(45)53/h5-10,17-21,54-55H,3-4,11-16,22H2,1-2H3. The number of anilines is 3. The Bertz CT molecular complexity index is 3370. The molecule has 1 amide bonds. The fourth-order valence-electron chi connectivity index (χ4n) is 9.44. The van der Waals surface area contributed by atoms with E-state index >= 15 is 0 Å². The summed E-state index contributed by atoms with van der Waals surface area (Å²) in [5.41, 5.74) is 8.62. The third-order valence-electron chi connectivity index (χ3n) is 12.7. The number of benzene rings is 5. The number of rotatable bonds is 10. The summed E-state index contributed by atoms with van der Waals surface area (Å²) >= 11 is 1.34. The van der Waals surface area contributed by atoms with Crippen molar-refractivity contribution in [2.75, 3.05) is 55.1 Å². The van der Waals surface area contributed by atoms with E-state index < -0.39 is 40.8 Å². The number of nitrogens with one attached hydrogen (secondary N) is 2. The lowest BCUT2D eigenvalue weighted by Crippen LogP contribution is -2.28. The Morgan fingerprint density at radius 2 is 1.40 bits per heavy atom. The number of esters is 1. The average Bonchev–Trinajstić information content (AvgIpc) is 4.21. The van der Waals surface area contributed by atoms with Crippen LogP contribution in [0.15, 0.2) is 77.0 Å². The van der Waals surface area contributed by atoms with E-state index in [1.807, 2.05) is 47.4 Å². The van der Waals surface area contributed by atoms with Gasteiger partial charge in [0.05, 0.1) is 36.7 Å². The van der Waals surface area contributed by atoms with Gasteiger partial charge in [0.15, 0.2) is 0 Å². The number of azo groups is 1. The summed E-state index contributed by atoms with van der Waals surface area (Å²) in [6.07, 6.45) is 3.53. The summed E-state index contributed by atoms with van der Waals surface area (Å²) in [5.74, 6) is -13.1. The lowest BCUT2D eigenvalue weighted by molar-refractivity contribution is 0.0710. The van der Waals surface area contributed by atoms with Crippen molar-refractivity contribution in [3.8, 4) is 17.2 Å². The summed E-state index contributed by atoms with van der Waals surface area (Å²) in [5, 5.41) is 11.0. The van der Waals surface area contributed by atoms with Gasteiger partial charge in [-0.2, -0.15) is 8.78 Å². The summed E-state index contributed by atoms with van der Waals surface area (Å²) in [6, 6.07) is 20.3. The van der Waals surface area contributed by atoms with E-state index in [4.69, 9.17) is 9.47 Å². The van der Waals surface area contributed by atoms with E-state index in [9.17, 15) is 31.5 Å². The van der Waals surface area contributed by atoms with Crippen LogP contribution >= 0.6 is 11.3 Å². The average molecular weight is 933 g/mol. The SMILES string of the molecule is COc1cc(N2CCCC2)c(OC)cc1N=Nc1nc2ccc(C(=O)N3CCc4c3ccc3[nH]c(CN5CCc6c5ccc5[nH]c(C(=O)Oc7c(F)c(F)c(F)c(F)c7F)cc65)cc43)cc2s1. The maximum Gasteiger partial charge on any atom is 0.360 e. The smallest absolute Gasteiger partial charge is 0.360 e. The molecule has 0 atom stereocenters. The molecule has 6 heterocycles. The molecule has 1 fully saturated rings. The molecule has 3 aliphatic rings. The van der Waals surface area contributed by atoms with Gasteiger partial charge in [-0.3, -0.25) is 4.79 Å². The highest BCUT2D eigenvalue weighted by atomic mass is 32.1. The van der Waals surface area contributed by atoms with E-state index in [0.717, 1.165) is 75.4 Å². The summed E-state index contributed by atoms with van der Waals surface area (Å²) in [6.45, 7) is 3.58. The molecule has 5 aromatic carbocycles. The number of aromatic amines is 2. The number of carbonyl (C=O) groups excluding carboxylic acids is 2. The van der Waals surface area contributed by atoms with Crippen LogP contribution in [0.4, 0.5) is 49.8 Å². The minimum absolute atomic E-state index is 0.124. The molecule has 3 aliphatic heterocycles. The van der Waals surface area contributed by atoms with Crippen molar-refractivity contribution in [3.05, 3.63) is 124 Å². The molecule has 0 bridgehead atoms. The Morgan fingerprint density at radius 3 is 2.16 bits per heavy atom. The fourth-order valence-corrected chi connectivity index (χ4v) is 10.3. The van der Waals surface area contributed by atoms with E-state index in [1.165, 1.54) is 17.4 Å². The van der Waals surface area contributed by atoms with Gasteiger partial charge in [0.2, 0.25) is 40.0 Å². The third-order valence-corrected chi connectivity index (χ3v) is 13.6. The molecule has 0 radical (unpaired) electrons. The van der Waals surface area contributed by atoms with E-state index in [1.54, 1.807) is 26.4 Å². The number of H-pyrrole nitrogens is 2. The number of aromatic nitrogens is 3. The van der Waals surface area contributed by atoms with Crippen LogP contribution in [0, 0.1) is 29.1 Å². The van der Waals surface area contributed by atoms with E-state index in [0.29, 0.717) is 76.8 Å². The molecule has 0 saturated carbocycles. The van der Waals surface area contributed by atoms with Gasteiger partial charge in [-0.05, 0) is 91.4 Å². The summed E-state index contributed by atoms with van der Waals surface area (Å²) < 4.78 is 86.4. The second kappa shape index (κ2) is 16.4. The van der Waals surface area contributed by atoms with Gasteiger partial charge < -0.3 is 38.9 Å². The Hall–Kier alpha value is -7.54. The van der Waals surface area contributed by atoms with Gasteiger partial charge in [0.1, 0.15) is 22.9 Å². The molecule has 2 N–H and O–H groups in total. The molecule has 19 heteroatoms. The minimum atomic E-state index is -2.35. The second-order valence-corrected chi connectivity index (χ2v) is 17.5. The second-order valence-electron chi connectivity index (χ2n) is 16.5. The normalized spacial score (nSPS) is 14.6. The Balaban J connectivity index is 0.790. The number of fused-ring (bicyclic) bond motifs is 7. The van der Waals surface area contributed by atoms with Gasteiger partial charge in [0.25, 0.3) is 5.91 Å². The maximum atomic E-state index is 14.2. The van der Waals surface area contributed by atoms with Gasteiger partial charge in [-0.15, -0.1) is 10.2 Å². The number of nitrogens with zero attached hydrogens (tertiary/aromatic N) is 6. The van der Waals surface area contributed by atoms with Crippen LogP contribution < -0.4 is 28.9 Å². The maximum absolute atomic E-state index is 14.2. The van der Waals surface area contributed by atoms with Crippen LogP contribution in [-0.4, -0.2) is 67.2 Å². The minimum Gasteiger partial charge on any atom is -0.494 e. The number of amides is 1. The zero-order valence-corrected chi connectivity index (χ0v) is 36.6. The van der Waals surface area contributed by atoms with Crippen LogP contribution in [0.5, 0.6) is 17.2 Å². The number of hydrogen-bond acceptors (Lipinski definition) is 11. The van der Waals surface area contributed by atoms with Crippen molar-refractivity contribution >= 4 is 83.1 Å². The summed E-state index contributed by atoms with van der Waals surface area (Å²) in [7, 11) is 3.23. The van der Waals surface area contributed by atoms with Crippen LogP contribution in [-0.2, 0) is 19.4 Å². The molecule has 0 aliphatic carbocycles. The van der Waals surface area contributed by atoms with Crippen LogP contribution in [0.25, 0.3) is 32.0 Å². The van der Waals surface area contributed by atoms with Crippen LogP contribution in [0.3, 0.4) is 0 Å². The molecule has 11 rings (SSSR count). The Labute approximate surface area is 381 Å². The molecule has 67 heavy (non-hydrogen) atoms. The predicted molar refractivity (Wildman–Crippen MR) is 243 cm³/mol. The number of thiazole rings is 1. The third kappa shape index (κ3) is 7.15. The van der Waals surface area contributed by atoms with Gasteiger partial charge in [0, 0.05) is 82.7 Å². The molecule has 340 valence electrons. The highest BCUT2D eigenvalue weighted by Gasteiger charge is 2.32. The first-order valence-electron chi connectivity index (χ1n) is 21.4. The van der Waals surface area contributed by atoms with Crippen molar-refractivity contribution in [3.63, 3.8) is 0 Å². The lowest BCUT2D eigenvalue weighted by atomic mass is 10.1. The highest BCUT2D eigenvalue weighted by Crippen LogP contribution is 2.43. The lowest BCUT2D eigenvalue weighted by Gasteiger charge is -2.21. The zero-order chi connectivity index (χ0) is 46.2. The van der Waals surface area contributed by atoms with Crippen LogP contribution in [0.1, 0.15) is 50.5 Å². The number of carbonyl (C=O) groups is 2. The molecule has 1 saturated heterocycles. The number of ether oxygens (including phenoxy) is 3. The molecule has 13 nitrogen and oxygen atoms in total. The number of halogens is 5. The fraction of sp³-hybridized carbons (Fsp3) is 0.229. The van der Waals surface area contributed by atoms with Crippen molar-refractivity contribution in [2.24, 2.45) is 10.2 Å². The molecular formula is C48H37F5N8O5S. The van der Waals surface area contributed by atoms with E-state index in [-0.39, 0.29) is 11.6 Å². The first-order valence-corrected chi connectivity index (χ1v) is 22.2. The molecule has 3 aromatic heterocycles. The quantitative estimate of drug-likeness (QED) is 0.0345. The monoisotopic (exact) mass is 932 g/mol. The Morgan fingerprint density at radius 1 is 0.716 bits per heavy atom. The van der Waals surface area contributed by atoms with Crippen molar-refractivity contribution in [2.45, 2.75) is 32.2 Å². The Kier molecular flexibility index (Phi) is 10.3. The molecule has 0 unspecified atom stereocenters. The predicted octanol–water partition coefficient (Wildman–Crippen LogP) is 11.0. The van der Waals surface area contributed by atoms with Crippen LogP contribution in [0.2, 0.25) is 0 Å².